The number of benzene rings is 2. The van der Waals surface area contributed by atoms with E-state index in [0.717, 1.165) is 17.2 Å². The second-order valence-electron chi connectivity index (χ2n) is 6.83. The number of aliphatic hydroxyl groups is 1. The van der Waals surface area contributed by atoms with E-state index >= 15 is 0 Å². The Morgan fingerprint density at radius 2 is 1.81 bits per heavy atom. The average Bonchev–Trinajstić information content (AvgIpc) is 2.69. The summed E-state index contributed by atoms with van der Waals surface area (Å²) in [6, 6.07) is 9.48. The monoisotopic (exact) mass is 394 g/mol. The first kappa shape index (κ1) is 21.8. The summed E-state index contributed by atoms with van der Waals surface area (Å²) in [7, 11) is 1.61. The molecule has 27 heavy (non-hydrogen) atoms. The minimum absolute atomic E-state index is 0.127. The molecule has 4 nitrogen and oxygen atoms in total. The smallest absolute Gasteiger partial charge is 0.146 e. The fourth-order valence-electron chi connectivity index (χ4n) is 3.26. The third-order valence-corrected chi connectivity index (χ3v) is 5.09. The van der Waals surface area contributed by atoms with E-state index in [-0.39, 0.29) is 13.2 Å². The summed E-state index contributed by atoms with van der Waals surface area (Å²) in [5.74, 6) is 1.96. The summed E-state index contributed by atoms with van der Waals surface area (Å²) in [5.41, 5.74) is 0. The van der Waals surface area contributed by atoms with Crippen LogP contribution in [0.15, 0.2) is 30.3 Å². The molecule has 0 fully saturated rings. The fourth-order valence-corrected chi connectivity index (χ4v) is 3.51. The van der Waals surface area contributed by atoms with Crippen molar-refractivity contribution in [3.8, 4) is 11.5 Å². The molecular weight excluding hydrogens is 364 g/mol. The zero-order valence-corrected chi connectivity index (χ0v) is 17.3. The van der Waals surface area contributed by atoms with E-state index in [1.165, 1.54) is 19.3 Å². The fraction of sp³-hybridized carbons (Fsp3) is 0.545. The lowest BCUT2D eigenvalue weighted by molar-refractivity contribution is 0.00817. The van der Waals surface area contributed by atoms with E-state index in [0.29, 0.717) is 29.0 Å². The number of methoxy groups -OCH3 is 1. The highest BCUT2D eigenvalue weighted by atomic mass is 35.5. The van der Waals surface area contributed by atoms with Crippen LogP contribution in [0.25, 0.3) is 10.8 Å². The lowest BCUT2D eigenvalue weighted by Crippen LogP contribution is -2.24. The molecule has 2 atom stereocenters. The van der Waals surface area contributed by atoms with Gasteiger partial charge in [-0.3, -0.25) is 0 Å². The van der Waals surface area contributed by atoms with Gasteiger partial charge in [-0.1, -0.05) is 69.0 Å². The van der Waals surface area contributed by atoms with E-state index in [4.69, 9.17) is 25.8 Å². The largest absolute Gasteiger partial charge is 0.496 e. The normalized spacial score (nSPS) is 13.5. The molecule has 0 heterocycles. The van der Waals surface area contributed by atoms with Crippen LogP contribution in [0, 0.1) is 5.92 Å². The van der Waals surface area contributed by atoms with Gasteiger partial charge in [0.25, 0.3) is 0 Å². The molecule has 0 aliphatic carbocycles. The van der Waals surface area contributed by atoms with Gasteiger partial charge in [-0.25, -0.2) is 0 Å². The maximum absolute atomic E-state index is 10.2. The predicted molar refractivity (Wildman–Crippen MR) is 111 cm³/mol. The van der Waals surface area contributed by atoms with Crippen molar-refractivity contribution in [1.29, 1.82) is 0 Å². The van der Waals surface area contributed by atoms with Gasteiger partial charge in [0, 0.05) is 23.4 Å². The average molecular weight is 395 g/mol. The highest BCUT2D eigenvalue weighted by Crippen LogP contribution is 2.39. The van der Waals surface area contributed by atoms with Gasteiger partial charge in [0.1, 0.15) is 24.2 Å². The van der Waals surface area contributed by atoms with Gasteiger partial charge in [0.15, 0.2) is 0 Å². The van der Waals surface area contributed by atoms with Crippen molar-refractivity contribution < 1.29 is 19.3 Å². The van der Waals surface area contributed by atoms with Crippen LogP contribution in [0.1, 0.15) is 39.5 Å². The zero-order chi connectivity index (χ0) is 19.6. The van der Waals surface area contributed by atoms with Crippen LogP contribution >= 0.6 is 11.6 Å². The first-order chi connectivity index (χ1) is 13.1. The van der Waals surface area contributed by atoms with E-state index in [1.54, 1.807) is 13.2 Å². The van der Waals surface area contributed by atoms with Gasteiger partial charge in [-0.15, -0.1) is 0 Å². The Morgan fingerprint density at radius 1 is 1.07 bits per heavy atom. The first-order valence-corrected chi connectivity index (χ1v) is 10.1. The lowest BCUT2D eigenvalue weighted by atomic mass is 9.98. The third kappa shape index (κ3) is 6.27. The molecule has 0 bridgehead atoms. The summed E-state index contributed by atoms with van der Waals surface area (Å²) in [6.07, 6.45) is 3.94. The number of hydrogen-bond donors (Lipinski definition) is 1. The van der Waals surface area contributed by atoms with E-state index < -0.39 is 6.10 Å². The molecule has 2 rings (SSSR count). The summed E-state index contributed by atoms with van der Waals surface area (Å²) in [4.78, 5) is 0. The standard InChI is InChI=1S/C22H31ClO4/c1-4-8-16(5-2)11-12-26-14-17(24)15-27-22-19-10-7-6-9-18(19)21(25-3)13-20(22)23/h6-7,9-10,13,16-17,24H,4-5,8,11-12,14-15H2,1-3H3. The summed E-state index contributed by atoms with van der Waals surface area (Å²) in [5, 5.41) is 12.4. The van der Waals surface area contributed by atoms with Crippen LogP contribution in [0.4, 0.5) is 0 Å². The molecule has 1 N–H and O–H groups in total. The van der Waals surface area contributed by atoms with Crippen LogP contribution < -0.4 is 9.47 Å². The van der Waals surface area contributed by atoms with Gasteiger partial charge >= 0.3 is 0 Å². The van der Waals surface area contributed by atoms with Gasteiger partial charge < -0.3 is 19.3 Å². The number of hydrogen-bond acceptors (Lipinski definition) is 4. The minimum Gasteiger partial charge on any atom is -0.496 e. The van der Waals surface area contributed by atoms with Crippen molar-refractivity contribution >= 4 is 22.4 Å². The van der Waals surface area contributed by atoms with Crippen molar-refractivity contribution in [1.82, 2.24) is 0 Å². The van der Waals surface area contributed by atoms with Crippen molar-refractivity contribution in [2.45, 2.75) is 45.6 Å². The van der Waals surface area contributed by atoms with Gasteiger partial charge in [0.2, 0.25) is 0 Å². The molecule has 0 aliphatic heterocycles. The Balaban J connectivity index is 1.88. The molecule has 0 aliphatic rings. The Bertz CT molecular complexity index is 704. The SMILES string of the molecule is CCCC(CC)CCOCC(O)COc1c(Cl)cc(OC)c2ccccc12. The summed E-state index contributed by atoms with van der Waals surface area (Å²) >= 11 is 6.36. The van der Waals surface area contributed by atoms with Crippen molar-refractivity contribution in [2.24, 2.45) is 5.92 Å². The molecule has 0 saturated carbocycles. The molecule has 2 aromatic carbocycles. The number of rotatable bonds is 12. The van der Waals surface area contributed by atoms with Crippen LogP contribution in [-0.2, 0) is 4.74 Å². The van der Waals surface area contributed by atoms with Gasteiger partial charge in [-0.2, -0.15) is 0 Å². The summed E-state index contributed by atoms with van der Waals surface area (Å²) in [6.45, 7) is 5.48. The number of ether oxygens (including phenoxy) is 3. The highest BCUT2D eigenvalue weighted by molar-refractivity contribution is 6.33. The number of aliphatic hydroxyl groups excluding tert-OH is 1. The van der Waals surface area contributed by atoms with Gasteiger partial charge in [0.05, 0.1) is 18.7 Å². The van der Waals surface area contributed by atoms with Crippen LogP contribution in [0.5, 0.6) is 11.5 Å². The molecule has 0 amide bonds. The topological polar surface area (TPSA) is 47.9 Å². The Hall–Kier alpha value is -1.49. The van der Waals surface area contributed by atoms with Crippen LogP contribution in [0.2, 0.25) is 5.02 Å². The first-order valence-electron chi connectivity index (χ1n) is 9.74. The Kier molecular flexibility index (Phi) is 9.19. The molecular formula is C22H31ClO4. The van der Waals surface area contributed by atoms with Gasteiger partial charge in [-0.05, 0) is 12.3 Å². The number of halogens is 1. The maximum atomic E-state index is 10.2. The van der Waals surface area contributed by atoms with Crippen molar-refractivity contribution in [3.05, 3.63) is 35.4 Å². The molecule has 150 valence electrons. The minimum atomic E-state index is -0.701. The quantitative estimate of drug-likeness (QED) is 0.484. The molecule has 2 unspecified atom stereocenters. The lowest BCUT2D eigenvalue weighted by Gasteiger charge is -2.17. The predicted octanol–water partition coefficient (Wildman–Crippen LogP) is 5.47. The number of fused-ring (bicyclic) bond motifs is 1. The van der Waals surface area contributed by atoms with Crippen molar-refractivity contribution in [2.75, 3.05) is 26.9 Å². The van der Waals surface area contributed by atoms with E-state index in [2.05, 4.69) is 13.8 Å². The van der Waals surface area contributed by atoms with Crippen LogP contribution in [-0.4, -0.2) is 38.1 Å². The van der Waals surface area contributed by atoms with Crippen molar-refractivity contribution in [3.63, 3.8) is 0 Å². The highest BCUT2D eigenvalue weighted by Gasteiger charge is 2.14. The molecule has 0 radical (unpaired) electrons. The zero-order valence-electron chi connectivity index (χ0n) is 16.5. The third-order valence-electron chi connectivity index (χ3n) is 4.81. The molecule has 0 spiro atoms. The Morgan fingerprint density at radius 3 is 2.48 bits per heavy atom. The molecule has 5 heteroatoms. The summed E-state index contributed by atoms with van der Waals surface area (Å²) < 4.78 is 16.9. The van der Waals surface area contributed by atoms with E-state index in [1.807, 2.05) is 24.3 Å². The van der Waals surface area contributed by atoms with Crippen LogP contribution in [0.3, 0.4) is 0 Å². The molecule has 0 saturated heterocycles. The van der Waals surface area contributed by atoms with E-state index in [9.17, 15) is 5.11 Å². The molecule has 0 aromatic heterocycles. The maximum Gasteiger partial charge on any atom is 0.146 e. The Labute approximate surface area is 167 Å². The second-order valence-corrected chi connectivity index (χ2v) is 7.23. The molecule has 2 aromatic rings. The second kappa shape index (κ2) is 11.4.